The lowest BCUT2D eigenvalue weighted by Crippen LogP contribution is -2.30. The predicted molar refractivity (Wildman–Crippen MR) is 136 cm³/mol. The summed E-state index contributed by atoms with van der Waals surface area (Å²) in [5.41, 5.74) is 9.17. The molecule has 0 aliphatic heterocycles. The molecule has 0 heterocycles. The summed E-state index contributed by atoms with van der Waals surface area (Å²) in [6.45, 7) is 0.223. The molecule has 0 saturated heterocycles. The highest BCUT2D eigenvalue weighted by molar-refractivity contribution is 6.31. The number of aliphatic carboxylic acids is 1. The van der Waals surface area contributed by atoms with E-state index < -0.39 is 18.0 Å². The number of amides is 1. The third kappa shape index (κ3) is 6.49. The average molecular weight is 505 g/mol. The number of hydrogen-bond acceptors (Lipinski definition) is 7. The van der Waals surface area contributed by atoms with Gasteiger partial charge < -0.3 is 30.2 Å². The fourth-order valence-electron chi connectivity index (χ4n) is 4.48. The van der Waals surface area contributed by atoms with E-state index in [4.69, 9.17) is 32.7 Å². The second kappa shape index (κ2) is 11.5. The minimum atomic E-state index is -0.971. The molecule has 0 aromatic heterocycles. The Balaban J connectivity index is 1.91. The molecule has 2 aromatic carbocycles. The lowest BCUT2D eigenvalue weighted by molar-refractivity contribution is -0.137. The standard InChI is InChI=1S/C25H33ClN4O5/c1-29(25(33)35-18-6-4-5-7-18)14-17-10-15(8-9-20(17)26)19(13-23(31)32)16-11-21(27)24(30(2)28)22(12-16)34-3/h8-12,18-19H,4-7,13-14,27-28H2,1-3H3,(H,31,32). The molecule has 1 fully saturated rings. The number of carboxylic acid groups (broad SMARTS) is 1. The summed E-state index contributed by atoms with van der Waals surface area (Å²) in [5.74, 6) is 4.82. The topological polar surface area (TPSA) is 131 Å². The fraction of sp³-hybridized carbons (Fsp3) is 0.440. The van der Waals surface area contributed by atoms with Gasteiger partial charge in [-0.1, -0.05) is 23.7 Å². The highest BCUT2D eigenvalue weighted by atomic mass is 35.5. The van der Waals surface area contributed by atoms with Gasteiger partial charge >= 0.3 is 12.1 Å². The monoisotopic (exact) mass is 504 g/mol. The smallest absolute Gasteiger partial charge is 0.410 e. The van der Waals surface area contributed by atoms with Crippen molar-refractivity contribution in [1.29, 1.82) is 0 Å². The summed E-state index contributed by atoms with van der Waals surface area (Å²) < 4.78 is 11.0. The zero-order valence-electron chi connectivity index (χ0n) is 20.3. The van der Waals surface area contributed by atoms with Crippen molar-refractivity contribution < 1.29 is 24.2 Å². The van der Waals surface area contributed by atoms with E-state index in [0.717, 1.165) is 31.2 Å². The van der Waals surface area contributed by atoms with Crippen LogP contribution in [-0.2, 0) is 16.1 Å². The Labute approximate surface area is 210 Å². The molecule has 10 heteroatoms. The predicted octanol–water partition coefficient (Wildman–Crippen LogP) is 4.36. The third-order valence-corrected chi connectivity index (χ3v) is 6.61. The van der Waals surface area contributed by atoms with Crippen LogP contribution in [0.5, 0.6) is 5.75 Å². The van der Waals surface area contributed by atoms with Gasteiger partial charge in [0.25, 0.3) is 0 Å². The fourth-order valence-corrected chi connectivity index (χ4v) is 4.66. The Hall–Kier alpha value is -3.17. The largest absolute Gasteiger partial charge is 0.494 e. The second-order valence-corrected chi connectivity index (χ2v) is 9.33. The first-order chi connectivity index (χ1) is 16.6. The number of ether oxygens (including phenoxy) is 2. The first-order valence-corrected chi connectivity index (χ1v) is 11.9. The number of hydrogen-bond donors (Lipinski definition) is 3. The SMILES string of the molecule is COc1cc(C(CC(=O)O)c2ccc(Cl)c(CN(C)C(=O)OC3CCCC3)c2)cc(N)c1N(C)N. The van der Waals surface area contributed by atoms with Crippen LogP contribution < -0.4 is 21.3 Å². The molecule has 0 spiro atoms. The van der Waals surface area contributed by atoms with Gasteiger partial charge in [-0.05, 0) is 60.6 Å². The summed E-state index contributed by atoms with van der Waals surface area (Å²) in [6, 6.07) is 8.75. The molecule has 2 aromatic rings. The van der Waals surface area contributed by atoms with E-state index in [0.29, 0.717) is 33.3 Å². The van der Waals surface area contributed by atoms with E-state index in [1.807, 2.05) is 6.07 Å². The molecule has 1 amide bonds. The number of halogens is 1. The molecular weight excluding hydrogens is 472 g/mol. The van der Waals surface area contributed by atoms with Crippen LogP contribution in [0.4, 0.5) is 16.2 Å². The Kier molecular flexibility index (Phi) is 8.69. The summed E-state index contributed by atoms with van der Waals surface area (Å²) in [7, 11) is 4.80. The van der Waals surface area contributed by atoms with Gasteiger partial charge in [-0.2, -0.15) is 0 Å². The van der Waals surface area contributed by atoms with Crippen molar-refractivity contribution in [1.82, 2.24) is 4.90 Å². The van der Waals surface area contributed by atoms with Crippen LogP contribution in [0.2, 0.25) is 5.02 Å². The van der Waals surface area contributed by atoms with Crippen molar-refractivity contribution in [3.63, 3.8) is 0 Å². The van der Waals surface area contributed by atoms with E-state index >= 15 is 0 Å². The molecule has 3 rings (SSSR count). The van der Waals surface area contributed by atoms with Crippen molar-refractivity contribution in [3.05, 3.63) is 52.0 Å². The Morgan fingerprint density at radius 2 is 1.86 bits per heavy atom. The van der Waals surface area contributed by atoms with Gasteiger partial charge in [-0.3, -0.25) is 4.79 Å². The number of anilines is 2. The Morgan fingerprint density at radius 1 is 1.17 bits per heavy atom. The van der Waals surface area contributed by atoms with Crippen LogP contribution in [0.3, 0.4) is 0 Å². The summed E-state index contributed by atoms with van der Waals surface area (Å²) in [6.07, 6.45) is 3.29. The number of methoxy groups -OCH3 is 1. The molecule has 35 heavy (non-hydrogen) atoms. The highest BCUT2D eigenvalue weighted by Gasteiger charge is 2.25. The van der Waals surface area contributed by atoms with Crippen molar-refractivity contribution >= 4 is 35.0 Å². The minimum Gasteiger partial charge on any atom is -0.494 e. The first-order valence-electron chi connectivity index (χ1n) is 11.5. The molecule has 0 bridgehead atoms. The summed E-state index contributed by atoms with van der Waals surface area (Å²) >= 11 is 6.45. The van der Waals surface area contributed by atoms with Gasteiger partial charge in [0, 0.05) is 25.0 Å². The number of benzene rings is 2. The van der Waals surface area contributed by atoms with Crippen LogP contribution in [0.25, 0.3) is 0 Å². The number of hydrazine groups is 1. The molecule has 5 N–H and O–H groups in total. The minimum absolute atomic E-state index is 0.0392. The van der Waals surface area contributed by atoms with Crippen LogP contribution >= 0.6 is 11.6 Å². The zero-order chi connectivity index (χ0) is 25.7. The lowest BCUT2D eigenvalue weighted by Gasteiger charge is -2.24. The number of carboxylic acids is 1. The maximum absolute atomic E-state index is 12.5. The van der Waals surface area contributed by atoms with Crippen LogP contribution in [-0.4, -0.2) is 49.4 Å². The van der Waals surface area contributed by atoms with Crippen molar-refractivity contribution in [2.45, 2.75) is 50.7 Å². The van der Waals surface area contributed by atoms with E-state index in [9.17, 15) is 14.7 Å². The Morgan fingerprint density at radius 3 is 2.46 bits per heavy atom. The number of nitrogen functional groups attached to an aromatic ring is 1. The van der Waals surface area contributed by atoms with Crippen LogP contribution in [0.15, 0.2) is 30.3 Å². The van der Waals surface area contributed by atoms with E-state index in [-0.39, 0.29) is 19.1 Å². The molecule has 190 valence electrons. The van der Waals surface area contributed by atoms with Gasteiger partial charge in [0.2, 0.25) is 0 Å². The van der Waals surface area contributed by atoms with E-state index in [2.05, 4.69) is 0 Å². The van der Waals surface area contributed by atoms with Crippen molar-refractivity contribution in [2.24, 2.45) is 5.84 Å². The zero-order valence-corrected chi connectivity index (χ0v) is 21.0. The molecule has 1 aliphatic carbocycles. The van der Waals surface area contributed by atoms with Crippen molar-refractivity contribution in [3.8, 4) is 5.75 Å². The third-order valence-electron chi connectivity index (χ3n) is 6.24. The second-order valence-electron chi connectivity index (χ2n) is 8.92. The molecule has 9 nitrogen and oxygen atoms in total. The number of carbonyl (C=O) groups excluding carboxylic acids is 1. The molecular formula is C25H33ClN4O5. The number of nitrogens with two attached hydrogens (primary N) is 2. The number of carbonyl (C=O) groups is 2. The summed E-state index contributed by atoms with van der Waals surface area (Å²) in [4.78, 5) is 25.8. The average Bonchev–Trinajstić information content (AvgIpc) is 3.31. The maximum atomic E-state index is 12.5. The lowest BCUT2D eigenvalue weighted by atomic mass is 9.87. The van der Waals surface area contributed by atoms with Crippen LogP contribution in [0, 0.1) is 0 Å². The van der Waals surface area contributed by atoms with E-state index in [1.165, 1.54) is 17.0 Å². The number of rotatable bonds is 9. The molecule has 0 radical (unpaired) electrons. The Bertz CT molecular complexity index is 1070. The number of nitrogens with zero attached hydrogens (tertiary/aromatic N) is 2. The molecule has 1 atom stereocenters. The summed E-state index contributed by atoms with van der Waals surface area (Å²) in [5, 5.41) is 11.5. The maximum Gasteiger partial charge on any atom is 0.410 e. The van der Waals surface area contributed by atoms with E-state index in [1.54, 1.807) is 38.4 Å². The van der Waals surface area contributed by atoms with Gasteiger partial charge in [0.1, 0.15) is 17.5 Å². The highest BCUT2D eigenvalue weighted by Crippen LogP contribution is 2.39. The molecule has 1 saturated carbocycles. The van der Waals surface area contributed by atoms with Gasteiger partial charge in [-0.25, -0.2) is 10.6 Å². The molecule has 1 unspecified atom stereocenters. The van der Waals surface area contributed by atoms with Gasteiger partial charge in [0.05, 0.1) is 25.8 Å². The van der Waals surface area contributed by atoms with Gasteiger partial charge in [0.15, 0.2) is 0 Å². The normalized spacial score (nSPS) is 14.4. The van der Waals surface area contributed by atoms with Crippen LogP contribution in [0.1, 0.15) is 54.7 Å². The quantitative estimate of drug-likeness (QED) is 0.261. The first kappa shape index (κ1) is 26.4. The molecule has 1 aliphatic rings. The van der Waals surface area contributed by atoms with Crippen molar-refractivity contribution in [2.75, 3.05) is 31.9 Å². The van der Waals surface area contributed by atoms with Gasteiger partial charge in [-0.15, -0.1) is 0 Å².